The maximum absolute atomic E-state index is 13.2. The van der Waals surface area contributed by atoms with Crippen LogP contribution in [0, 0.1) is 6.92 Å². The van der Waals surface area contributed by atoms with Gasteiger partial charge in [-0.05, 0) is 44.0 Å². The van der Waals surface area contributed by atoms with Gasteiger partial charge in [0.05, 0.1) is 17.2 Å². The highest BCUT2D eigenvalue weighted by molar-refractivity contribution is 6.05. The van der Waals surface area contributed by atoms with E-state index in [1.807, 2.05) is 30.3 Å². The zero-order chi connectivity index (χ0) is 23.7. The van der Waals surface area contributed by atoms with Crippen molar-refractivity contribution in [2.75, 3.05) is 13.1 Å². The summed E-state index contributed by atoms with van der Waals surface area (Å²) in [6.07, 6.45) is 2.73. The van der Waals surface area contributed by atoms with Crippen molar-refractivity contribution in [2.24, 2.45) is 0 Å². The van der Waals surface area contributed by atoms with E-state index in [0.29, 0.717) is 54.0 Å². The Kier molecular flexibility index (Phi) is 5.76. The normalized spacial score (nSPS) is 14.3. The molecule has 0 saturated carbocycles. The quantitative estimate of drug-likeness (QED) is 0.492. The summed E-state index contributed by atoms with van der Waals surface area (Å²) in [7, 11) is 0. The summed E-state index contributed by atoms with van der Waals surface area (Å²) >= 11 is 0. The van der Waals surface area contributed by atoms with Gasteiger partial charge in [0.15, 0.2) is 16.8 Å². The van der Waals surface area contributed by atoms with Crippen LogP contribution in [0.2, 0.25) is 0 Å². The van der Waals surface area contributed by atoms with E-state index in [4.69, 9.17) is 8.83 Å². The Morgan fingerprint density at radius 2 is 1.74 bits per heavy atom. The van der Waals surface area contributed by atoms with Crippen LogP contribution in [0.25, 0.3) is 22.3 Å². The predicted molar refractivity (Wildman–Crippen MR) is 128 cm³/mol. The van der Waals surface area contributed by atoms with Gasteiger partial charge in [0.2, 0.25) is 0 Å². The monoisotopic (exact) mass is 456 g/mol. The van der Waals surface area contributed by atoms with Gasteiger partial charge in [-0.2, -0.15) is 0 Å². The highest BCUT2D eigenvalue weighted by Gasteiger charge is 2.27. The van der Waals surface area contributed by atoms with E-state index < -0.39 is 0 Å². The molecule has 1 aliphatic rings. The fraction of sp³-hybridized carbons (Fsp3) is 0.222. The third-order valence-electron chi connectivity index (χ3n) is 6.27. The van der Waals surface area contributed by atoms with Gasteiger partial charge < -0.3 is 19.1 Å². The van der Waals surface area contributed by atoms with Gasteiger partial charge in [0.25, 0.3) is 11.8 Å². The van der Waals surface area contributed by atoms with Crippen LogP contribution >= 0.6 is 0 Å². The number of carbonyl (C=O) groups is 2. The van der Waals surface area contributed by atoms with E-state index in [1.165, 1.54) is 6.26 Å². The highest BCUT2D eigenvalue weighted by atomic mass is 16.3. The van der Waals surface area contributed by atoms with Crippen LogP contribution in [0.5, 0.6) is 0 Å². The molecule has 0 aliphatic carbocycles. The average molecular weight is 456 g/mol. The standard InChI is InChI=1S/C27H24N2O5/c1-17-23(30)20-9-5-10-21(25(20)34-24(17)18-7-3-2-4-8-18)26(31)28-19-12-14-29(15-13-19)27(32)22-11-6-16-33-22/h2-11,16,19H,12-15H2,1H3,(H,28,31). The number of nitrogens with one attached hydrogen (secondary N) is 1. The molecule has 2 aromatic carbocycles. The number of furan rings is 1. The first-order valence-corrected chi connectivity index (χ1v) is 11.3. The van der Waals surface area contributed by atoms with Gasteiger partial charge >= 0.3 is 0 Å². The lowest BCUT2D eigenvalue weighted by molar-refractivity contribution is 0.0667. The number of hydrogen-bond acceptors (Lipinski definition) is 5. The Morgan fingerprint density at radius 1 is 0.971 bits per heavy atom. The Bertz CT molecular complexity index is 1400. The van der Waals surface area contributed by atoms with E-state index in [-0.39, 0.29) is 28.9 Å². The van der Waals surface area contributed by atoms with Crippen molar-refractivity contribution in [3.05, 3.63) is 94.0 Å². The van der Waals surface area contributed by atoms with Gasteiger partial charge in [0.1, 0.15) is 5.76 Å². The minimum atomic E-state index is -0.299. The van der Waals surface area contributed by atoms with Crippen LogP contribution in [0.3, 0.4) is 0 Å². The number of para-hydroxylation sites is 1. The molecule has 0 bridgehead atoms. The molecule has 4 aromatic rings. The second-order valence-electron chi connectivity index (χ2n) is 8.45. The number of nitrogens with zero attached hydrogens (tertiary/aromatic N) is 1. The largest absolute Gasteiger partial charge is 0.459 e. The van der Waals surface area contributed by atoms with Crippen LogP contribution in [-0.2, 0) is 0 Å². The fourth-order valence-corrected chi connectivity index (χ4v) is 4.40. The van der Waals surface area contributed by atoms with Crippen LogP contribution in [-0.4, -0.2) is 35.8 Å². The fourth-order valence-electron chi connectivity index (χ4n) is 4.40. The Morgan fingerprint density at radius 3 is 2.44 bits per heavy atom. The zero-order valence-corrected chi connectivity index (χ0v) is 18.7. The Balaban J connectivity index is 1.37. The second kappa shape index (κ2) is 9.02. The first-order valence-electron chi connectivity index (χ1n) is 11.3. The number of hydrogen-bond donors (Lipinski definition) is 1. The lowest BCUT2D eigenvalue weighted by atomic mass is 10.0. The summed E-state index contributed by atoms with van der Waals surface area (Å²) < 4.78 is 11.4. The molecule has 3 heterocycles. The van der Waals surface area contributed by atoms with Crippen LogP contribution in [0.4, 0.5) is 0 Å². The summed E-state index contributed by atoms with van der Waals surface area (Å²) in [5.74, 6) is 0.336. The number of likely N-dealkylation sites (tertiary alicyclic amines) is 1. The highest BCUT2D eigenvalue weighted by Crippen LogP contribution is 2.27. The van der Waals surface area contributed by atoms with E-state index in [9.17, 15) is 14.4 Å². The molecule has 1 saturated heterocycles. The molecule has 1 N–H and O–H groups in total. The van der Waals surface area contributed by atoms with Crippen LogP contribution in [0.15, 0.2) is 80.6 Å². The number of fused-ring (bicyclic) bond motifs is 1. The van der Waals surface area contributed by atoms with Gasteiger partial charge in [-0.25, -0.2) is 0 Å². The third kappa shape index (κ3) is 4.01. The van der Waals surface area contributed by atoms with Crippen molar-refractivity contribution in [3.63, 3.8) is 0 Å². The van der Waals surface area contributed by atoms with Crippen molar-refractivity contribution in [1.82, 2.24) is 10.2 Å². The molecule has 2 aromatic heterocycles. The molecule has 0 spiro atoms. The molecule has 0 atom stereocenters. The summed E-state index contributed by atoms with van der Waals surface area (Å²) in [4.78, 5) is 40.5. The topological polar surface area (TPSA) is 92.8 Å². The number of benzene rings is 2. The smallest absolute Gasteiger partial charge is 0.289 e. The number of amides is 2. The van der Waals surface area contributed by atoms with Crippen molar-refractivity contribution in [1.29, 1.82) is 0 Å². The SMILES string of the molecule is Cc1c(-c2ccccc2)oc2c(C(=O)NC3CCN(C(=O)c4ccco4)CC3)cccc2c1=O. The molecule has 2 amide bonds. The van der Waals surface area contributed by atoms with Gasteiger partial charge in [-0.1, -0.05) is 36.4 Å². The minimum Gasteiger partial charge on any atom is -0.459 e. The zero-order valence-electron chi connectivity index (χ0n) is 18.7. The van der Waals surface area contributed by atoms with Crippen molar-refractivity contribution >= 4 is 22.8 Å². The summed E-state index contributed by atoms with van der Waals surface area (Å²) in [5, 5.41) is 3.43. The molecule has 34 heavy (non-hydrogen) atoms. The molecule has 1 fully saturated rings. The summed E-state index contributed by atoms with van der Waals surface area (Å²) in [5.41, 5.74) is 1.73. The third-order valence-corrected chi connectivity index (χ3v) is 6.27. The maximum atomic E-state index is 13.2. The van der Waals surface area contributed by atoms with Gasteiger partial charge in [-0.15, -0.1) is 0 Å². The average Bonchev–Trinajstić information content (AvgIpc) is 3.41. The van der Waals surface area contributed by atoms with Crippen LogP contribution in [0.1, 0.15) is 39.3 Å². The molecule has 1 aliphatic heterocycles. The molecule has 0 radical (unpaired) electrons. The number of piperidine rings is 1. The molecule has 7 nitrogen and oxygen atoms in total. The number of rotatable bonds is 4. The molecule has 5 rings (SSSR count). The van der Waals surface area contributed by atoms with Crippen molar-refractivity contribution in [3.8, 4) is 11.3 Å². The Labute approximate surface area is 196 Å². The summed E-state index contributed by atoms with van der Waals surface area (Å²) in [6.45, 7) is 2.77. The molecule has 7 heteroatoms. The van der Waals surface area contributed by atoms with E-state index >= 15 is 0 Å². The summed E-state index contributed by atoms with van der Waals surface area (Å²) in [6, 6.07) is 17.7. The van der Waals surface area contributed by atoms with Gasteiger partial charge in [0, 0.05) is 30.3 Å². The van der Waals surface area contributed by atoms with E-state index in [2.05, 4.69) is 5.32 Å². The van der Waals surface area contributed by atoms with Gasteiger partial charge in [-0.3, -0.25) is 14.4 Å². The Hall–Kier alpha value is -4.13. The van der Waals surface area contributed by atoms with E-state index in [1.54, 1.807) is 42.2 Å². The first-order chi connectivity index (χ1) is 16.5. The van der Waals surface area contributed by atoms with Crippen LogP contribution < -0.4 is 10.7 Å². The minimum absolute atomic E-state index is 0.0887. The maximum Gasteiger partial charge on any atom is 0.289 e. The lowest BCUT2D eigenvalue weighted by Gasteiger charge is -2.31. The molecular weight excluding hydrogens is 432 g/mol. The second-order valence-corrected chi connectivity index (χ2v) is 8.45. The molecular formula is C27H24N2O5. The first kappa shape index (κ1) is 21.7. The molecule has 0 unspecified atom stereocenters. The predicted octanol–water partition coefficient (Wildman–Crippen LogP) is 4.40. The van der Waals surface area contributed by atoms with Crippen molar-refractivity contribution in [2.45, 2.75) is 25.8 Å². The molecule has 172 valence electrons. The van der Waals surface area contributed by atoms with Crippen molar-refractivity contribution < 1.29 is 18.4 Å². The number of carbonyl (C=O) groups excluding carboxylic acids is 2. The van der Waals surface area contributed by atoms with E-state index in [0.717, 1.165) is 5.56 Å². The lowest BCUT2D eigenvalue weighted by Crippen LogP contribution is -2.46.